The molecular formula is C27H21ClN2O5. The van der Waals surface area contributed by atoms with Gasteiger partial charge < -0.3 is 19.8 Å². The van der Waals surface area contributed by atoms with Crippen LogP contribution in [-0.2, 0) is 20.9 Å². The largest absolute Gasteiger partial charge is 0.472 e. The fourth-order valence-electron chi connectivity index (χ4n) is 3.35. The van der Waals surface area contributed by atoms with E-state index >= 15 is 0 Å². The predicted molar refractivity (Wildman–Crippen MR) is 133 cm³/mol. The Bertz CT molecular complexity index is 1340. The second kappa shape index (κ2) is 11.2. The monoisotopic (exact) mass is 488 g/mol. The average molecular weight is 489 g/mol. The van der Waals surface area contributed by atoms with Gasteiger partial charge >= 0.3 is 5.97 Å². The van der Waals surface area contributed by atoms with Gasteiger partial charge in [-0.3, -0.25) is 9.59 Å². The molecule has 0 fully saturated rings. The molecular weight excluding hydrogens is 468 g/mol. The highest BCUT2D eigenvalue weighted by Gasteiger charge is 2.18. The van der Waals surface area contributed by atoms with Gasteiger partial charge in [0.05, 0.1) is 23.8 Å². The van der Waals surface area contributed by atoms with E-state index in [0.717, 1.165) is 16.7 Å². The van der Waals surface area contributed by atoms with Crippen LogP contribution >= 0.6 is 11.6 Å². The zero-order chi connectivity index (χ0) is 24.6. The number of benzene rings is 3. The van der Waals surface area contributed by atoms with Crippen molar-refractivity contribution in [2.45, 2.75) is 13.0 Å². The number of ether oxygens (including phenoxy) is 1. The number of carbonyl (C=O) groups excluding carboxylic acids is 3. The first-order chi connectivity index (χ1) is 17.0. The van der Waals surface area contributed by atoms with Crippen molar-refractivity contribution in [2.24, 2.45) is 0 Å². The van der Waals surface area contributed by atoms with Gasteiger partial charge in [-0.1, -0.05) is 54.1 Å². The highest BCUT2D eigenvalue weighted by atomic mass is 35.5. The van der Waals surface area contributed by atoms with Gasteiger partial charge in [-0.25, -0.2) is 4.79 Å². The van der Waals surface area contributed by atoms with Gasteiger partial charge in [0.1, 0.15) is 13.0 Å². The fraction of sp³-hybridized carbons (Fsp3) is 0.0741. The summed E-state index contributed by atoms with van der Waals surface area (Å²) in [5.41, 5.74) is 3.39. The lowest BCUT2D eigenvalue weighted by Crippen LogP contribution is -2.22. The fourth-order valence-corrected chi connectivity index (χ4v) is 3.52. The van der Waals surface area contributed by atoms with Gasteiger partial charge in [-0.15, -0.1) is 0 Å². The topological polar surface area (TPSA) is 97.6 Å². The quantitative estimate of drug-likeness (QED) is 0.237. The van der Waals surface area contributed by atoms with Crippen LogP contribution in [0.5, 0.6) is 0 Å². The Hall–Kier alpha value is -4.36. The lowest BCUT2D eigenvalue weighted by Gasteiger charge is -2.12. The first kappa shape index (κ1) is 23.8. The Morgan fingerprint density at radius 2 is 1.63 bits per heavy atom. The van der Waals surface area contributed by atoms with E-state index in [9.17, 15) is 14.4 Å². The van der Waals surface area contributed by atoms with E-state index in [-0.39, 0.29) is 17.9 Å². The summed E-state index contributed by atoms with van der Waals surface area (Å²) in [6.45, 7) is 0.0693. The molecule has 0 aliphatic heterocycles. The summed E-state index contributed by atoms with van der Waals surface area (Å²) in [4.78, 5) is 37.6. The van der Waals surface area contributed by atoms with Crippen LogP contribution in [-0.4, -0.2) is 17.8 Å². The van der Waals surface area contributed by atoms with Gasteiger partial charge in [-0.2, -0.15) is 0 Å². The van der Waals surface area contributed by atoms with Crippen LogP contribution in [0.2, 0.25) is 5.02 Å². The highest BCUT2D eigenvalue weighted by Crippen LogP contribution is 2.24. The van der Waals surface area contributed by atoms with Crippen LogP contribution in [0.3, 0.4) is 0 Å². The van der Waals surface area contributed by atoms with Crippen LogP contribution in [0.1, 0.15) is 22.3 Å². The summed E-state index contributed by atoms with van der Waals surface area (Å²) in [7, 11) is 0. The van der Waals surface area contributed by atoms with Crippen LogP contribution in [0.4, 0.5) is 11.4 Å². The zero-order valence-corrected chi connectivity index (χ0v) is 19.2. The van der Waals surface area contributed by atoms with Gasteiger partial charge in [-0.05, 0) is 47.5 Å². The van der Waals surface area contributed by atoms with E-state index in [0.29, 0.717) is 10.7 Å². The number of halogens is 1. The summed E-state index contributed by atoms with van der Waals surface area (Å²) in [5.74, 6) is -1.74. The molecule has 176 valence electrons. The molecule has 0 aliphatic rings. The maximum absolute atomic E-state index is 12.6. The van der Waals surface area contributed by atoms with Crippen molar-refractivity contribution in [1.29, 1.82) is 0 Å². The molecule has 2 N–H and O–H groups in total. The molecule has 0 bridgehead atoms. The van der Waals surface area contributed by atoms with Crippen molar-refractivity contribution in [2.75, 3.05) is 10.6 Å². The van der Waals surface area contributed by atoms with Crippen molar-refractivity contribution in [3.8, 4) is 11.1 Å². The van der Waals surface area contributed by atoms with Crippen molar-refractivity contribution in [3.63, 3.8) is 0 Å². The zero-order valence-electron chi connectivity index (χ0n) is 18.5. The van der Waals surface area contributed by atoms with Crippen LogP contribution in [0.25, 0.3) is 11.1 Å². The van der Waals surface area contributed by atoms with Crippen LogP contribution < -0.4 is 10.6 Å². The van der Waals surface area contributed by atoms with Crippen molar-refractivity contribution >= 4 is 40.8 Å². The summed E-state index contributed by atoms with van der Waals surface area (Å²) in [6.07, 6.45) is 2.72. The third-order valence-electron chi connectivity index (χ3n) is 5.01. The number of hydrogen-bond acceptors (Lipinski definition) is 5. The maximum Gasteiger partial charge on any atom is 0.340 e. The minimum absolute atomic E-state index is 0.0693. The molecule has 7 nitrogen and oxygen atoms in total. The second-order valence-corrected chi connectivity index (χ2v) is 8.05. The molecule has 0 radical (unpaired) electrons. The van der Waals surface area contributed by atoms with E-state index in [1.807, 2.05) is 42.5 Å². The molecule has 0 aliphatic carbocycles. The molecule has 0 saturated carbocycles. The smallest absolute Gasteiger partial charge is 0.340 e. The van der Waals surface area contributed by atoms with E-state index in [2.05, 4.69) is 10.6 Å². The SMILES string of the molecule is O=C(CC(=O)Nc1ccc(Cl)cc1C(=O)OCc1ccccc1)Nc1cccc(-c2ccoc2)c1. The molecule has 0 spiro atoms. The van der Waals surface area contributed by atoms with E-state index < -0.39 is 24.2 Å². The van der Waals surface area contributed by atoms with Crippen LogP contribution in [0, 0.1) is 0 Å². The summed E-state index contributed by atoms with van der Waals surface area (Å²) < 4.78 is 10.4. The molecule has 4 rings (SSSR count). The van der Waals surface area contributed by atoms with Crippen molar-refractivity contribution in [3.05, 3.63) is 108 Å². The van der Waals surface area contributed by atoms with E-state index in [1.54, 1.807) is 30.7 Å². The molecule has 0 unspecified atom stereocenters. The highest BCUT2D eigenvalue weighted by molar-refractivity contribution is 6.31. The van der Waals surface area contributed by atoms with Crippen LogP contribution in [0.15, 0.2) is 95.8 Å². The number of esters is 1. The first-order valence-electron chi connectivity index (χ1n) is 10.7. The number of amides is 2. The molecule has 35 heavy (non-hydrogen) atoms. The molecule has 1 heterocycles. The molecule has 4 aromatic rings. The van der Waals surface area contributed by atoms with Gasteiger partial charge in [0.25, 0.3) is 0 Å². The standard InChI is InChI=1S/C27H21ClN2O5/c28-21-9-10-24(23(14-21)27(33)35-16-18-5-2-1-3-6-18)30-26(32)15-25(31)29-22-8-4-7-19(13-22)20-11-12-34-17-20/h1-14,17H,15-16H2,(H,29,31)(H,30,32). The van der Waals surface area contributed by atoms with Gasteiger partial charge in [0.15, 0.2) is 0 Å². The van der Waals surface area contributed by atoms with Crippen molar-refractivity contribution < 1.29 is 23.5 Å². The number of hydrogen-bond donors (Lipinski definition) is 2. The lowest BCUT2D eigenvalue weighted by atomic mass is 10.1. The van der Waals surface area contributed by atoms with Gasteiger partial charge in [0.2, 0.25) is 11.8 Å². The predicted octanol–water partition coefficient (Wildman–Crippen LogP) is 5.92. The Morgan fingerprint density at radius 1 is 0.829 bits per heavy atom. The molecule has 0 atom stereocenters. The summed E-state index contributed by atoms with van der Waals surface area (Å²) >= 11 is 6.05. The summed E-state index contributed by atoms with van der Waals surface area (Å²) in [5, 5.41) is 5.61. The molecule has 3 aromatic carbocycles. The average Bonchev–Trinajstić information content (AvgIpc) is 3.39. The number of furan rings is 1. The molecule has 8 heteroatoms. The Labute approximate surface area is 206 Å². The third-order valence-corrected chi connectivity index (χ3v) is 5.25. The Balaban J connectivity index is 1.37. The van der Waals surface area contributed by atoms with E-state index in [4.69, 9.17) is 20.8 Å². The number of carbonyl (C=O) groups is 3. The molecule has 2 amide bonds. The number of nitrogens with one attached hydrogen (secondary N) is 2. The normalized spacial score (nSPS) is 10.4. The van der Waals surface area contributed by atoms with Crippen molar-refractivity contribution in [1.82, 2.24) is 0 Å². The molecule has 0 saturated heterocycles. The first-order valence-corrected chi connectivity index (χ1v) is 11.1. The minimum Gasteiger partial charge on any atom is -0.472 e. The third kappa shape index (κ3) is 6.59. The second-order valence-electron chi connectivity index (χ2n) is 7.62. The molecule has 1 aromatic heterocycles. The number of rotatable bonds is 8. The van der Waals surface area contributed by atoms with Gasteiger partial charge in [0, 0.05) is 16.3 Å². The Morgan fingerprint density at radius 3 is 2.40 bits per heavy atom. The number of anilines is 2. The Kier molecular flexibility index (Phi) is 7.60. The minimum atomic E-state index is -0.646. The van der Waals surface area contributed by atoms with E-state index in [1.165, 1.54) is 18.2 Å². The maximum atomic E-state index is 12.6. The lowest BCUT2D eigenvalue weighted by molar-refractivity contribution is -0.123. The summed E-state index contributed by atoms with van der Waals surface area (Å²) in [6, 6.07) is 22.6.